The minimum absolute atomic E-state index is 0.00583. The average molecular weight is 531 g/mol. The normalized spacial score (nSPS) is 20.9. The lowest BCUT2D eigenvalue weighted by Crippen LogP contribution is -2.67. The van der Waals surface area contributed by atoms with E-state index < -0.39 is 23.1 Å². The van der Waals surface area contributed by atoms with Crippen LogP contribution in [0.25, 0.3) is 11.3 Å². The Bertz CT molecular complexity index is 1460. The summed E-state index contributed by atoms with van der Waals surface area (Å²) in [6.45, 7) is 2.17. The van der Waals surface area contributed by atoms with Gasteiger partial charge in [0, 0.05) is 17.7 Å². The second-order valence-corrected chi connectivity index (χ2v) is 10.9. The van der Waals surface area contributed by atoms with Gasteiger partial charge in [-0.1, -0.05) is 62.9 Å². The van der Waals surface area contributed by atoms with Crippen molar-refractivity contribution in [1.29, 1.82) is 0 Å². The second-order valence-electron chi connectivity index (χ2n) is 10.9. The summed E-state index contributed by atoms with van der Waals surface area (Å²) in [4.78, 5) is 29.6. The third-order valence-electron chi connectivity index (χ3n) is 8.16. The Kier molecular flexibility index (Phi) is 6.57. The molecule has 1 fully saturated rings. The van der Waals surface area contributed by atoms with Crippen molar-refractivity contribution in [2.45, 2.75) is 76.4 Å². The molecule has 1 saturated carbocycles. The molecule has 6 nitrogen and oxygen atoms in total. The van der Waals surface area contributed by atoms with Crippen LogP contribution in [0.2, 0.25) is 0 Å². The Morgan fingerprint density at radius 3 is 2.49 bits per heavy atom. The molecule has 39 heavy (non-hydrogen) atoms. The van der Waals surface area contributed by atoms with Crippen LogP contribution in [0, 0.1) is 11.6 Å². The lowest BCUT2D eigenvalue weighted by molar-refractivity contribution is -0.126. The van der Waals surface area contributed by atoms with Gasteiger partial charge in [0.1, 0.15) is 17.3 Å². The van der Waals surface area contributed by atoms with Gasteiger partial charge in [-0.3, -0.25) is 19.2 Å². The summed E-state index contributed by atoms with van der Waals surface area (Å²) < 4.78 is 30.8. The standard InChI is InChI=1S/C31H32F2N4O2/c1-2-6-20-9-11-21(12-10-20)26-18-28-29(38)37(27-16-15-23(32)17-25(27)33)31(22-13-14-22,19-36(28)35-26)30(39)34-24-7-4-3-5-8-24/h9-13,15-18,24H,2-8,14,19H2,1H3,(H,34,39). The molecular formula is C31H32F2N4O2. The Balaban J connectivity index is 1.45. The summed E-state index contributed by atoms with van der Waals surface area (Å²) in [6, 6.07) is 12.9. The molecule has 0 bridgehead atoms. The number of hydrogen-bond donors (Lipinski definition) is 1. The summed E-state index contributed by atoms with van der Waals surface area (Å²) in [7, 11) is 0. The van der Waals surface area contributed by atoms with E-state index >= 15 is 4.39 Å². The van der Waals surface area contributed by atoms with E-state index in [1.165, 1.54) is 16.5 Å². The summed E-state index contributed by atoms with van der Waals surface area (Å²) in [5.74, 6) is -2.52. The first-order valence-electron chi connectivity index (χ1n) is 13.9. The third-order valence-corrected chi connectivity index (χ3v) is 8.16. The Morgan fingerprint density at radius 1 is 1.08 bits per heavy atom. The molecule has 0 saturated heterocycles. The van der Waals surface area contributed by atoms with Crippen LogP contribution in [0.5, 0.6) is 0 Å². The average Bonchev–Trinajstić information content (AvgIpc) is 3.70. The number of rotatable bonds is 7. The van der Waals surface area contributed by atoms with Crippen LogP contribution in [-0.2, 0) is 17.8 Å². The zero-order valence-electron chi connectivity index (χ0n) is 22.1. The lowest BCUT2D eigenvalue weighted by Gasteiger charge is -2.45. The number of nitrogens with zero attached hydrogens (tertiary/aromatic N) is 3. The maximum Gasteiger partial charge on any atom is 0.277 e. The second kappa shape index (κ2) is 10.1. The number of carbonyl (C=O) groups excluding carboxylic acids is 2. The number of aromatic nitrogens is 2. The van der Waals surface area contributed by atoms with Gasteiger partial charge in [0.2, 0.25) is 0 Å². The van der Waals surface area contributed by atoms with Crippen LogP contribution in [0.1, 0.15) is 67.9 Å². The van der Waals surface area contributed by atoms with E-state index in [4.69, 9.17) is 5.10 Å². The number of hydrogen-bond acceptors (Lipinski definition) is 3. The Labute approximate surface area is 226 Å². The van der Waals surface area contributed by atoms with Crippen molar-refractivity contribution in [1.82, 2.24) is 15.1 Å². The minimum Gasteiger partial charge on any atom is -0.351 e. The molecule has 3 aromatic rings. The van der Waals surface area contributed by atoms with Crippen molar-refractivity contribution in [3.05, 3.63) is 83.1 Å². The molecule has 1 aliphatic heterocycles. The number of amides is 2. The zero-order chi connectivity index (χ0) is 27.1. The molecule has 2 aliphatic carbocycles. The van der Waals surface area contributed by atoms with Crippen molar-refractivity contribution in [2.24, 2.45) is 0 Å². The molecular weight excluding hydrogens is 498 g/mol. The quantitative estimate of drug-likeness (QED) is 0.384. The fourth-order valence-corrected chi connectivity index (χ4v) is 6.04. The fourth-order valence-electron chi connectivity index (χ4n) is 6.04. The summed E-state index contributed by atoms with van der Waals surface area (Å²) in [5.41, 5.74) is 2.06. The topological polar surface area (TPSA) is 67.2 Å². The molecule has 0 radical (unpaired) electrons. The SMILES string of the molecule is CCCc1ccc(-c2cc3n(n2)CC(C(=O)NC2CCCCC2)(C2=CC2)N(c2ccc(F)cc2F)C3=O)cc1. The minimum atomic E-state index is -1.49. The van der Waals surface area contributed by atoms with Gasteiger partial charge < -0.3 is 5.32 Å². The molecule has 202 valence electrons. The van der Waals surface area contributed by atoms with Gasteiger partial charge >= 0.3 is 0 Å². The molecule has 1 atom stereocenters. The largest absolute Gasteiger partial charge is 0.351 e. The van der Waals surface area contributed by atoms with E-state index in [9.17, 15) is 14.0 Å². The Morgan fingerprint density at radius 2 is 1.82 bits per heavy atom. The van der Waals surface area contributed by atoms with Crippen LogP contribution in [0.15, 0.2) is 60.2 Å². The van der Waals surface area contributed by atoms with Crippen molar-refractivity contribution < 1.29 is 18.4 Å². The maximum atomic E-state index is 15.3. The molecule has 1 aromatic heterocycles. The number of allylic oxidation sites excluding steroid dienone is 1. The van der Waals surface area contributed by atoms with Gasteiger partial charge in [-0.15, -0.1) is 0 Å². The number of nitrogens with one attached hydrogen (secondary N) is 1. The molecule has 0 spiro atoms. The van der Waals surface area contributed by atoms with Crippen LogP contribution >= 0.6 is 0 Å². The van der Waals surface area contributed by atoms with Crippen molar-refractivity contribution in [3.8, 4) is 11.3 Å². The summed E-state index contributed by atoms with van der Waals surface area (Å²) >= 11 is 0. The van der Waals surface area contributed by atoms with Crippen LogP contribution in [0.3, 0.4) is 0 Å². The summed E-state index contributed by atoms with van der Waals surface area (Å²) in [6.07, 6.45) is 9.37. The highest BCUT2D eigenvalue weighted by Crippen LogP contribution is 2.45. The predicted molar refractivity (Wildman–Crippen MR) is 145 cm³/mol. The molecule has 2 heterocycles. The van der Waals surface area contributed by atoms with Crippen molar-refractivity contribution in [2.75, 3.05) is 4.90 Å². The number of benzene rings is 2. The first-order chi connectivity index (χ1) is 18.9. The monoisotopic (exact) mass is 530 g/mol. The van der Waals surface area contributed by atoms with Gasteiger partial charge in [0.15, 0.2) is 5.54 Å². The van der Waals surface area contributed by atoms with E-state index in [1.54, 1.807) is 10.7 Å². The maximum absolute atomic E-state index is 15.3. The van der Waals surface area contributed by atoms with Crippen molar-refractivity contribution in [3.63, 3.8) is 0 Å². The van der Waals surface area contributed by atoms with E-state index in [1.807, 2.05) is 18.2 Å². The van der Waals surface area contributed by atoms with Gasteiger partial charge in [-0.25, -0.2) is 8.78 Å². The molecule has 1 N–H and O–H groups in total. The molecule has 8 heteroatoms. The number of aryl methyl sites for hydroxylation is 1. The molecule has 2 amide bonds. The van der Waals surface area contributed by atoms with Crippen LogP contribution < -0.4 is 10.2 Å². The molecule has 6 rings (SSSR count). The van der Waals surface area contributed by atoms with Crippen LogP contribution in [0.4, 0.5) is 14.5 Å². The Hall–Kier alpha value is -3.81. The van der Waals surface area contributed by atoms with E-state index in [-0.39, 0.29) is 29.9 Å². The zero-order valence-corrected chi connectivity index (χ0v) is 22.1. The third kappa shape index (κ3) is 4.56. The van der Waals surface area contributed by atoms with Gasteiger partial charge in [-0.2, -0.15) is 5.10 Å². The first-order valence-corrected chi connectivity index (χ1v) is 13.9. The summed E-state index contributed by atoms with van der Waals surface area (Å²) in [5, 5.41) is 7.93. The highest BCUT2D eigenvalue weighted by atomic mass is 19.1. The highest BCUT2D eigenvalue weighted by Gasteiger charge is 2.57. The van der Waals surface area contributed by atoms with Gasteiger partial charge in [0.25, 0.3) is 11.8 Å². The van der Waals surface area contributed by atoms with Gasteiger partial charge in [0.05, 0.1) is 17.9 Å². The number of carbonyl (C=O) groups is 2. The highest BCUT2D eigenvalue weighted by molar-refractivity contribution is 6.14. The molecule has 2 aromatic carbocycles. The lowest BCUT2D eigenvalue weighted by atomic mass is 9.87. The number of halogens is 2. The number of fused-ring (bicyclic) bond motifs is 1. The number of anilines is 1. The first kappa shape index (κ1) is 25.5. The fraction of sp³-hybridized carbons (Fsp3) is 0.387. The van der Waals surface area contributed by atoms with Crippen molar-refractivity contribution >= 4 is 17.5 Å². The van der Waals surface area contributed by atoms with Gasteiger partial charge in [-0.05, 0) is 55.0 Å². The van der Waals surface area contributed by atoms with Crippen LogP contribution in [-0.4, -0.2) is 33.2 Å². The smallest absolute Gasteiger partial charge is 0.277 e. The molecule has 1 unspecified atom stereocenters. The van der Waals surface area contributed by atoms with E-state index in [0.29, 0.717) is 12.1 Å². The van der Waals surface area contributed by atoms with E-state index in [0.717, 1.165) is 68.2 Å². The predicted octanol–water partition coefficient (Wildman–Crippen LogP) is 5.96. The van der Waals surface area contributed by atoms with E-state index in [2.05, 4.69) is 24.4 Å². The molecule has 3 aliphatic rings.